The van der Waals surface area contributed by atoms with Gasteiger partial charge in [0.25, 0.3) is 0 Å². The summed E-state index contributed by atoms with van der Waals surface area (Å²) < 4.78 is 11.4. The van der Waals surface area contributed by atoms with Gasteiger partial charge in [-0.2, -0.15) is 4.98 Å². The van der Waals surface area contributed by atoms with Crippen molar-refractivity contribution in [1.82, 2.24) is 19.9 Å². The van der Waals surface area contributed by atoms with E-state index in [4.69, 9.17) is 9.26 Å². The first-order valence-electron chi connectivity index (χ1n) is 10.5. The quantitative estimate of drug-likeness (QED) is 0.566. The molecule has 1 fully saturated rings. The van der Waals surface area contributed by atoms with Crippen LogP contribution in [0, 0.1) is 6.92 Å². The summed E-state index contributed by atoms with van der Waals surface area (Å²) in [7, 11) is 2.21. The molecular weight excluding hydrogens is 384 g/mol. The van der Waals surface area contributed by atoms with Gasteiger partial charge in [-0.1, -0.05) is 19.0 Å². The molecule has 160 valence electrons. The fourth-order valence-corrected chi connectivity index (χ4v) is 4.29. The van der Waals surface area contributed by atoms with Crippen molar-refractivity contribution in [3.63, 3.8) is 0 Å². The van der Waals surface area contributed by atoms with Crippen LogP contribution < -0.4 is 4.74 Å². The number of rotatable bonds is 9. The maximum Gasteiger partial charge on any atom is 0.240 e. The molecule has 0 spiro atoms. The predicted molar refractivity (Wildman–Crippen MR) is 118 cm³/mol. The minimum atomic E-state index is 0.307. The topological polar surface area (TPSA) is 54.6 Å². The van der Waals surface area contributed by atoms with Gasteiger partial charge in [-0.3, -0.25) is 9.80 Å². The van der Waals surface area contributed by atoms with E-state index in [2.05, 4.69) is 72.2 Å². The number of thioether (sulfide) groups is 1. The van der Waals surface area contributed by atoms with Crippen LogP contribution in [-0.2, 0) is 6.54 Å². The van der Waals surface area contributed by atoms with Crippen molar-refractivity contribution in [2.75, 3.05) is 39.5 Å². The van der Waals surface area contributed by atoms with E-state index in [0.717, 1.165) is 56.5 Å². The molecule has 1 aliphatic rings. The Morgan fingerprint density at radius 3 is 2.69 bits per heavy atom. The molecule has 0 amide bonds. The van der Waals surface area contributed by atoms with E-state index in [1.807, 2.05) is 0 Å². The third-order valence-corrected chi connectivity index (χ3v) is 6.52. The van der Waals surface area contributed by atoms with Gasteiger partial charge in [0.05, 0.1) is 6.54 Å². The summed E-state index contributed by atoms with van der Waals surface area (Å²) in [5, 5.41) is 4.06. The first-order chi connectivity index (χ1) is 14.0. The van der Waals surface area contributed by atoms with Gasteiger partial charge in [-0.25, -0.2) is 0 Å². The van der Waals surface area contributed by atoms with Crippen LogP contribution in [0.1, 0.15) is 49.9 Å². The molecule has 0 bridgehead atoms. The first-order valence-corrected chi connectivity index (χ1v) is 11.7. The molecule has 1 aromatic heterocycles. The number of nitrogens with zero attached hydrogens (tertiary/aromatic N) is 4. The summed E-state index contributed by atoms with van der Waals surface area (Å²) in [6, 6.07) is 6.94. The molecule has 0 aliphatic carbocycles. The van der Waals surface area contributed by atoms with Crippen molar-refractivity contribution >= 4 is 11.8 Å². The van der Waals surface area contributed by atoms with Crippen LogP contribution in [0.25, 0.3) is 0 Å². The number of likely N-dealkylation sites (N-methyl/N-ethyl adjacent to an activating group) is 1. The Kier molecular flexibility index (Phi) is 7.98. The summed E-state index contributed by atoms with van der Waals surface area (Å²) >= 11 is 1.77. The molecule has 2 heterocycles. The highest BCUT2D eigenvalue weighted by molar-refractivity contribution is 7.98. The number of hydrogen-bond acceptors (Lipinski definition) is 7. The summed E-state index contributed by atoms with van der Waals surface area (Å²) in [4.78, 5) is 10.6. The fraction of sp³-hybridized carbons (Fsp3) is 0.636. The number of hydrogen-bond donors (Lipinski definition) is 0. The van der Waals surface area contributed by atoms with Crippen molar-refractivity contribution in [2.24, 2.45) is 0 Å². The molecule has 1 aliphatic heterocycles. The lowest BCUT2D eigenvalue weighted by Crippen LogP contribution is -2.44. The Hall–Kier alpha value is -1.57. The highest BCUT2D eigenvalue weighted by Crippen LogP contribution is 2.24. The average molecular weight is 419 g/mol. The third kappa shape index (κ3) is 6.20. The lowest BCUT2D eigenvalue weighted by atomic mass is 10.0. The van der Waals surface area contributed by atoms with Gasteiger partial charge in [0.2, 0.25) is 5.89 Å². The van der Waals surface area contributed by atoms with Crippen molar-refractivity contribution < 1.29 is 9.26 Å². The van der Waals surface area contributed by atoms with E-state index in [0.29, 0.717) is 18.6 Å². The normalized spacial score (nSPS) is 16.1. The number of ether oxygens (including phenoxy) is 1. The van der Waals surface area contributed by atoms with Crippen molar-refractivity contribution in [3.05, 3.63) is 35.5 Å². The number of piperidine rings is 1. The third-order valence-electron chi connectivity index (χ3n) is 5.62. The molecule has 6 nitrogen and oxygen atoms in total. The Morgan fingerprint density at radius 1 is 1.31 bits per heavy atom. The van der Waals surface area contributed by atoms with Gasteiger partial charge in [-0.15, -0.1) is 11.8 Å². The van der Waals surface area contributed by atoms with Crippen LogP contribution in [0.4, 0.5) is 0 Å². The minimum Gasteiger partial charge on any atom is -0.492 e. The number of benzene rings is 1. The summed E-state index contributed by atoms with van der Waals surface area (Å²) in [5.74, 6) is 2.80. The zero-order valence-electron chi connectivity index (χ0n) is 18.4. The van der Waals surface area contributed by atoms with Crippen LogP contribution in [0.2, 0.25) is 0 Å². The van der Waals surface area contributed by atoms with Crippen LogP contribution in [0.3, 0.4) is 0 Å². The van der Waals surface area contributed by atoms with Crippen LogP contribution >= 0.6 is 11.8 Å². The van der Waals surface area contributed by atoms with E-state index in [9.17, 15) is 0 Å². The van der Waals surface area contributed by atoms with Gasteiger partial charge >= 0.3 is 0 Å². The Morgan fingerprint density at radius 2 is 2.07 bits per heavy atom. The monoisotopic (exact) mass is 418 g/mol. The summed E-state index contributed by atoms with van der Waals surface area (Å²) in [6.45, 7) is 10.8. The molecular formula is C22H34N4O2S. The number of aryl methyl sites for hydroxylation is 1. The minimum absolute atomic E-state index is 0.307. The smallest absolute Gasteiger partial charge is 0.240 e. The predicted octanol–water partition coefficient (Wildman–Crippen LogP) is 4.20. The number of likely N-dealkylation sites (tertiary alicyclic amines) is 1. The zero-order valence-corrected chi connectivity index (χ0v) is 19.2. The lowest BCUT2D eigenvalue weighted by Gasteiger charge is -2.36. The number of aromatic nitrogens is 2. The van der Waals surface area contributed by atoms with Gasteiger partial charge in [0, 0.05) is 36.5 Å². The molecule has 0 saturated carbocycles. The highest BCUT2D eigenvalue weighted by Gasteiger charge is 2.24. The second kappa shape index (κ2) is 10.5. The molecule has 7 heteroatoms. The highest BCUT2D eigenvalue weighted by atomic mass is 32.2. The summed E-state index contributed by atoms with van der Waals surface area (Å²) in [6.07, 6.45) is 4.42. The standard InChI is InChI=1S/C22H34N4O2S/c1-16(2)22-23-21(28-24-22)15-26-10-8-18(9-11-26)25(4)12-13-27-19-6-7-20(29-5)17(3)14-19/h6-7,14,16,18H,8-13,15H2,1-5H3. The fourth-order valence-electron chi connectivity index (χ4n) is 3.71. The molecule has 2 aromatic rings. The molecule has 0 unspecified atom stereocenters. The van der Waals surface area contributed by atoms with Gasteiger partial charge in [-0.05, 0) is 56.8 Å². The van der Waals surface area contributed by atoms with E-state index in [-0.39, 0.29) is 0 Å². The molecule has 1 saturated heterocycles. The van der Waals surface area contributed by atoms with Crippen LogP contribution in [-0.4, -0.2) is 65.5 Å². The largest absolute Gasteiger partial charge is 0.492 e. The second-order valence-corrected chi connectivity index (χ2v) is 9.02. The van der Waals surface area contributed by atoms with Crippen LogP contribution in [0.5, 0.6) is 5.75 Å². The van der Waals surface area contributed by atoms with Crippen molar-refractivity contribution in [1.29, 1.82) is 0 Å². The Bertz CT molecular complexity index is 772. The van der Waals surface area contributed by atoms with Crippen LogP contribution in [0.15, 0.2) is 27.6 Å². The van der Waals surface area contributed by atoms with E-state index in [1.165, 1.54) is 10.5 Å². The zero-order chi connectivity index (χ0) is 20.8. The maximum atomic E-state index is 5.98. The SMILES string of the molecule is CSc1ccc(OCCN(C)C2CCN(Cc3nc(C(C)C)no3)CC2)cc1C. The molecule has 1 aromatic carbocycles. The van der Waals surface area contributed by atoms with Gasteiger partial charge < -0.3 is 9.26 Å². The van der Waals surface area contributed by atoms with E-state index >= 15 is 0 Å². The molecule has 3 rings (SSSR count). The summed E-state index contributed by atoms with van der Waals surface area (Å²) in [5.41, 5.74) is 1.28. The molecule has 0 radical (unpaired) electrons. The molecule has 29 heavy (non-hydrogen) atoms. The molecule has 0 N–H and O–H groups in total. The molecule has 0 atom stereocenters. The Balaban J connectivity index is 1.38. The van der Waals surface area contributed by atoms with Gasteiger partial charge in [0.1, 0.15) is 12.4 Å². The second-order valence-electron chi connectivity index (χ2n) is 8.17. The lowest BCUT2D eigenvalue weighted by molar-refractivity contribution is 0.104. The Labute approximate surface area is 179 Å². The average Bonchev–Trinajstić information content (AvgIpc) is 3.17. The van der Waals surface area contributed by atoms with Gasteiger partial charge in [0.15, 0.2) is 5.82 Å². The maximum absolute atomic E-state index is 5.98. The van der Waals surface area contributed by atoms with E-state index < -0.39 is 0 Å². The van der Waals surface area contributed by atoms with Crippen molar-refractivity contribution in [3.8, 4) is 5.75 Å². The van der Waals surface area contributed by atoms with Crippen molar-refractivity contribution in [2.45, 2.75) is 57.0 Å². The van der Waals surface area contributed by atoms with E-state index in [1.54, 1.807) is 11.8 Å². The first kappa shape index (κ1) is 22.1.